The van der Waals surface area contributed by atoms with Gasteiger partial charge in [0.05, 0.1) is 10.7 Å². The maximum Gasteiger partial charge on any atom is 0.225 e. The van der Waals surface area contributed by atoms with Crippen LogP contribution in [0.25, 0.3) is 0 Å². The van der Waals surface area contributed by atoms with Crippen LogP contribution in [0.2, 0.25) is 0 Å². The first-order chi connectivity index (χ1) is 14.6. The molecule has 11 heteroatoms. The number of nitrogens with one attached hydrogen (secondary N) is 2. The number of anilines is 1. The minimum absolute atomic E-state index is 0. The Morgan fingerprint density at radius 2 is 1.81 bits per heavy atom. The Hall–Kier alpha value is -2.02. The molecule has 1 aliphatic heterocycles. The number of carbonyl (C=O) groups excluding carboxylic acids is 1. The van der Waals surface area contributed by atoms with Crippen LogP contribution in [0.4, 0.5) is 5.95 Å². The van der Waals surface area contributed by atoms with Crippen molar-refractivity contribution in [1.82, 2.24) is 30.5 Å². The number of aliphatic imine (C=N–C) groups is 1. The van der Waals surface area contributed by atoms with Gasteiger partial charge in [0.1, 0.15) is 0 Å². The maximum atomic E-state index is 12.5. The van der Waals surface area contributed by atoms with Crippen molar-refractivity contribution in [2.45, 2.75) is 26.7 Å². The van der Waals surface area contributed by atoms with Crippen LogP contribution < -0.4 is 15.5 Å². The van der Waals surface area contributed by atoms with Crippen molar-refractivity contribution in [2.24, 2.45) is 4.99 Å². The zero-order valence-corrected chi connectivity index (χ0v) is 21.4. The Balaban J connectivity index is 0.00000341. The number of hydrogen-bond acceptors (Lipinski definition) is 7. The molecule has 0 bridgehead atoms. The zero-order valence-electron chi connectivity index (χ0n) is 18.3. The SMILES string of the molecule is CN=C(NCCC(=O)N1CCN(c2ncccn2)CC1)NCCc1nc(C)c(C)s1.I. The molecule has 31 heavy (non-hydrogen) atoms. The van der Waals surface area contributed by atoms with Gasteiger partial charge in [-0.3, -0.25) is 9.79 Å². The maximum absolute atomic E-state index is 12.5. The molecule has 0 aromatic carbocycles. The van der Waals surface area contributed by atoms with Crippen molar-refractivity contribution in [1.29, 1.82) is 0 Å². The van der Waals surface area contributed by atoms with Gasteiger partial charge in [-0.25, -0.2) is 15.0 Å². The lowest BCUT2D eigenvalue weighted by molar-refractivity contribution is -0.131. The molecule has 3 rings (SSSR count). The Morgan fingerprint density at radius 3 is 2.42 bits per heavy atom. The number of amides is 1. The number of halogens is 1. The van der Waals surface area contributed by atoms with Crippen LogP contribution in [-0.2, 0) is 11.2 Å². The minimum atomic E-state index is 0. The normalized spacial score (nSPS) is 14.2. The van der Waals surface area contributed by atoms with Crippen LogP contribution in [0, 0.1) is 13.8 Å². The number of hydrogen-bond donors (Lipinski definition) is 2. The van der Waals surface area contributed by atoms with E-state index in [-0.39, 0.29) is 29.9 Å². The largest absolute Gasteiger partial charge is 0.356 e. The number of aromatic nitrogens is 3. The fourth-order valence-corrected chi connectivity index (χ4v) is 4.14. The van der Waals surface area contributed by atoms with E-state index in [1.807, 2.05) is 11.8 Å². The lowest BCUT2D eigenvalue weighted by atomic mass is 10.3. The molecule has 1 aliphatic rings. The smallest absolute Gasteiger partial charge is 0.225 e. The lowest BCUT2D eigenvalue weighted by Crippen LogP contribution is -2.50. The van der Waals surface area contributed by atoms with Crippen LogP contribution >= 0.6 is 35.3 Å². The highest BCUT2D eigenvalue weighted by atomic mass is 127. The zero-order chi connectivity index (χ0) is 21.3. The number of guanidine groups is 1. The first kappa shape index (κ1) is 25.2. The summed E-state index contributed by atoms with van der Waals surface area (Å²) in [5, 5.41) is 7.63. The number of rotatable bonds is 7. The summed E-state index contributed by atoms with van der Waals surface area (Å²) >= 11 is 1.74. The van der Waals surface area contributed by atoms with Gasteiger partial charge in [0.15, 0.2) is 5.96 Å². The molecule has 0 atom stereocenters. The predicted octanol–water partition coefficient (Wildman–Crippen LogP) is 1.61. The molecule has 0 aliphatic carbocycles. The van der Waals surface area contributed by atoms with Gasteiger partial charge in [0, 0.05) is 76.4 Å². The van der Waals surface area contributed by atoms with E-state index in [0.29, 0.717) is 32.0 Å². The molecule has 3 heterocycles. The third-order valence-electron chi connectivity index (χ3n) is 5.03. The molecule has 2 aromatic rings. The molecule has 2 N–H and O–H groups in total. The summed E-state index contributed by atoms with van der Waals surface area (Å²) in [5.41, 5.74) is 1.10. The summed E-state index contributed by atoms with van der Waals surface area (Å²) in [5.74, 6) is 1.59. The molecule has 0 saturated carbocycles. The van der Waals surface area contributed by atoms with Gasteiger partial charge in [-0.2, -0.15) is 0 Å². The molecule has 170 valence electrons. The summed E-state index contributed by atoms with van der Waals surface area (Å²) in [4.78, 5) is 35.1. The molecule has 1 amide bonds. The van der Waals surface area contributed by atoms with Crippen molar-refractivity contribution in [3.05, 3.63) is 34.0 Å². The van der Waals surface area contributed by atoms with Crippen LogP contribution in [0.5, 0.6) is 0 Å². The highest BCUT2D eigenvalue weighted by molar-refractivity contribution is 14.0. The van der Waals surface area contributed by atoms with Crippen molar-refractivity contribution in [2.75, 3.05) is 51.2 Å². The topological polar surface area (TPSA) is 98.6 Å². The second kappa shape index (κ2) is 12.7. The molecular weight excluding hydrogens is 527 g/mol. The van der Waals surface area contributed by atoms with Crippen LogP contribution in [-0.4, -0.2) is 78.0 Å². The average Bonchev–Trinajstić information content (AvgIpc) is 3.10. The number of carbonyl (C=O) groups is 1. The molecular formula is C20H31IN8OS. The summed E-state index contributed by atoms with van der Waals surface area (Å²) < 4.78 is 0. The second-order valence-corrected chi connectivity index (χ2v) is 8.38. The number of thiazole rings is 1. The minimum Gasteiger partial charge on any atom is -0.356 e. The molecule has 1 saturated heterocycles. The van der Waals surface area contributed by atoms with Crippen LogP contribution in [0.15, 0.2) is 23.5 Å². The van der Waals surface area contributed by atoms with E-state index >= 15 is 0 Å². The molecule has 0 spiro atoms. The van der Waals surface area contributed by atoms with Crippen LogP contribution in [0.3, 0.4) is 0 Å². The van der Waals surface area contributed by atoms with Gasteiger partial charge in [-0.15, -0.1) is 35.3 Å². The van der Waals surface area contributed by atoms with E-state index in [1.165, 1.54) is 4.88 Å². The van der Waals surface area contributed by atoms with Gasteiger partial charge < -0.3 is 20.4 Å². The highest BCUT2D eigenvalue weighted by Gasteiger charge is 2.22. The van der Waals surface area contributed by atoms with E-state index in [2.05, 4.69) is 42.4 Å². The summed E-state index contributed by atoms with van der Waals surface area (Å²) in [6, 6.07) is 1.81. The first-order valence-corrected chi connectivity index (χ1v) is 11.1. The van der Waals surface area contributed by atoms with E-state index in [4.69, 9.17) is 0 Å². The van der Waals surface area contributed by atoms with Crippen molar-refractivity contribution >= 4 is 53.1 Å². The monoisotopic (exact) mass is 558 g/mol. The van der Waals surface area contributed by atoms with Gasteiger partial charge >= 0.3 is 0 Å². The van der Waals surface area contributed by atoms with Gasteiger partial charge in [0.2, 0.25) is 11.9 Å². The number of aryl methyl sites for hydroxylation is 2. The lowest BCUT2D eigenvalue weighted by Gasteiger charge is -2.34. The Labute approximate surface area is 204 Å². The Morgan fingerprint density at radius 1 is 1.13 bits per heavy atom. The van der Waals surface area contributed by atoms with Gasteiger partial charge in [-0.05, 0) is 19.9 Å². The van der Waals surface area contributed by atoms with E-state index < -0.39 is 0 Å². The van der Waals surface area contributed by atoms with E-state index in [9.17, 15) is 4.79 Å². The van der Waals surface area contributed by atoms with Gasteiger partial charge in [0.25, 0.3) is 0 Å². The second-order valence-electron chi connectivity index (χ2n) is 7.09. The number of nitrogens with zero attached hydrogens (tertiary/aromatic N) is 6. The third-order valence-corrected chi connectivity index (χ3v) is 6.16. The van der Waals surface area contributed by atoms with Crippen molar-refractivity contribution < 1.29 is 4.79 Å². The molecule has 9 nitrogen and oxygen atoms in total. The van der Waals surface area contributed by atoms with Crippen molar-refractivity contribution in [3.63, 3.8) is 0 Å². The molecule has 0 unspecified atom stereocenters. The quantitative estimate of drug-likeness (QED) is 0.303. The fourth-order valence-electron chi connectivity index (χ4n) is 3.21. The van der Waals surface area contributed by atoms with Crippen molar-refractivity contribution in [3.8, 4) is 0 Å². The summed E-state index contributed by atoms with van der Waals surface area (Å²) in [7, 11) is 1.74. The number of piperazine rings is 1. The van der Waals surface area contributed by atoms with Gasteiger partial charge in [-0.1, -0.05) is 0 Å². The summed E-state index contributed by atoms with van der Waals surface area (Å²) in [6.07, 6.45) is 4.78. The highest BCUT2D eigenvalue weighted by Crippen LogP contribution is 2.16. The molecule has 0 radical (unpaired) electrons. The summed E-state index contributed by atoms with van der Waals surface area (Å²) in [6.45, 7) is 8.32. The molecule has 2 aromatic heterocycles. The third kappa shape index (κ3) is 7.56. The standard InChI is InChI=1S/C20H30N8OS.HI/c1-15-16(2)30-17(26-15)5-9-22-19(21-3)23-10-6-18(29)27-11-13-28(14-12-27)20-24-7-4-8-25-20;/h4,7-8H,5-6,9-14H2,1-3H3,(H2,21,22,23);1H. The van der Waals surface area contributed by atoms with E-state index in [1.54, 1.807) is 36.8 Å². The van der Waals surface area contributed by atoms with E-state index in [0.717, 1.165) is 42.7 Å². The molecule has 1 fully saturated rings. The fraction of sp³-hybridized carbons (Fsp3) is 0.550. The first-order valence-electron chi connectivity index (χ1n) is 10.2. The predicted molar refractivity (Wildman–Crippen MR) is 136 cm³/mol. The Kier molecular flexibility index (Phi) is 10.4. The van der Waals surface area contributed by atoms with Crippen LogP contribution in [0.1, 0.15) is 22.0 Å². The Bertz CT molecular complexity index is 833. The average molecular weight is 558 g/mol.